The maximum atomic E-state index is 2.41. The summed E-state index contributed by atoms with van der Waals surface area (Å²) in [5.74, 6) is 2.87. The van der Waals surface area contributed by atoms with Gasteiger partial charge in [0.15, 0.2) is 0 Å². The van der Waals surface area contributed by atoms with Crippen LogP contribution in [0.3, 0.4) is 0 Å². The number of halogens is 1. The Morgan fingerprint density at radius 3 is 1.47 bits per heavy atom. The van der Waals surface area contributed by atoms with Crippen LogP contribution < -0.4 is 12.4 Å². The zero-order chi connectivity index (χ0) is 12.1. The molecule has 0 saturated carbocycles. The standard InChI is InChI=1S/C15H33S.ClH/c1-4-6-7-8-9-10-11-12-13-14-15-16(3)5-2;/h4-15H2,1-3H3;1H/q+1;/p-1. The van der Waals surface area contributed by atoms with Crippen molar-refractivity contribution in [3.63, 3.8) is 0 Å². The highest BCUT2D eigenvalue weighted by Crippen LogP contribution is 2.11. The Morgan fingerprint density at radius 2 is 1.06 bits per heavy atom. The average Bonchev–Trinajstić information content (AvgIpc) is 2.31. The van der Waals surface area contributed by atoms with Gasteiger partial charge >= 0.3 is 0 Å². The van der Waals surface area contributed by atoms with Crippen molar-refractivity contribution in [2.24, 2.45) is 0 Å². The van der Waals surface area contributed by atoms with Gasteiger partial charge in [-0.3, -0.25) is 0 Å². The second-order valence-corrected chi connectivity index (χ2v) is 7.50. The highest BCUT2D eigenvalue weighted by Gasteiger charge is 2.05. The maximum Gasteiger partial charge on any atom is 0.107 e. The van der Waals surface area contributed by atoms with Crippen LogP contribution in [0, 0.1) is 0 Å². The molecule has 0 aromatic rings. The molecule has 1 unspecified atom stereocenters. The average molecular weight is 281 g/mol. The topological polar surface area (TPSA) is 0 Å². The summed E-state index contributed by atoms with van der Waals surface area (Å²) in [6, 6.07) is 0. The van der Waals surface area contributed by atoms with Crippen molar-refractivity contribution >= 4 is 10.9 Å². The summed E-state index contributed by atoms with van der Waals surface area (Å²) in [7, 11) is 0.710. The maximum absolute atomic E-state index is 2.41. The number of hydrogen-bond donors (Lipinski definition) is 0. The summed E-state index contributed by atoms with van der Waals surface area (Å²) in [6.07, 6.45) is 17.0. The first kappa shape index (κ1) is 20.0. The Kier molecular flexibility index (Phi) is 19.5. The molecule has 1 atom stereocenters. The van der Waals surface area contributed by atoms with Crippen LogP contribution in [-0.4, -0.2) is 17.8 Å². The van der Waals surface area contributed by atoms with Crippen LogP contribution in [0.2, 0.25) is 0 Å². The highest BCUT2D eigenvalue weighted by atomic mass is 35.5. The molecule has 0 rings (SSSR count). The molecule has 17 heavy (non-hydrogen) atoms. The molecule has 106 valence electrons. The Balaban J connectivity index is 0. The third-order valence-electron chi connectivity index (χ3n) is 3.34. The van der Waals surface area contributed by atoms with E-state index in [1.54, 1.807) is 0 Å². The molecule has 0 amide bonds. The van der Waals surface area contributed by atoms with E-state index in [0.29, 0.717) is 10.9 Å². The van der Waals surface area contributed by atoms with Crippen molar-refractivity contribution in [2.45, 2.75) is 78.1 Å². The van der Waals surface area contributed by atoms with Gasteiger partial charge in [0.2, 0.25) is 0 Å². The van der Waals surface area contributed by atoms with E-state index in [-0.39, 0.29) is 12.4 Å². The van der Waals surface area contributed by atoms with E-state index in [4.69, 9.17) is 0 Å². The molecule has 0 aromatic carbocycles. The van der Waals surface area contributed by atoms with Crippen LogP contribution in [-0.2, 0) is 10.9 Å². The van der Waals surface area contributed by atoms with Gasteiger partial charge in [-0.2, -0.15) is 0 Å². The van der Waals surface area contributed by atoms with Gasteiger partial charge in [-0.25, -0.2) is 0 Å². The first-order chi connectivity index (χ1) is 7.81. The van der Waals surface area contributed by atoms with Crippen LogP contribution >= 0.6 is 0 Å². The molecule has 0 aromatic heterocycles. The summed E-state index contributed by atoms with van der Waals surface area (Å²) in [4.78, 5) is 0. The van der Waals surface area contributed by atoms with Gasteiger partial charge in [0.1, 0.15) is 11.5 Å². The first-order valence-electron chi connectivity index (χ1n) is 7.40. The summed E-state index contributed by atoms with van der Waals surface area (Å²) < 4.78 is 0. The summed E-state index contributed by atoms with van der Waals surface area (Å²) in [5.41, 5.74) is 0. The molecule has 0 aliphatic carbocycles. The number of rotatable bonds is 12. The lowest BCUT2D eigenvalue weighted by molar-refractivity contribution is -0.00000369. The third kappa shape index (κ3) is 16.6. The fraction of sp³-hybridized carbons (Fsp3) is 1.00. The second-order valence-electron chi connectivity index (χ2n) is 4.96. The van der Waals surface area contributed by atoms with E-state index in [2.05, 4.69) is 20.1 Å². The van der Waals surface area contributed by atoms with Gasteiger partial charge in [-0.1, -0.05) is 58.3 Å². The monoisotopic (exact) mass is 280 g/mol. The van der Waals surface area contributed by atoms with Crippen molar-refractivity contribution in [2.75, 3.05) is 17.8 Å². The largest absolute Gasteiger partial charge is 1.00 e. The zero-order valence-electron chi connectivity index (χ0n) is 12.3. The van der Waals surface area contributed by atoms with Crippen LogP contribution in [0.15, 0.2) is 0 Å². The Morgan fingerprint density at radius 1 is 0.647 bits per heavy atom. The molecule has 2 heteroatoms. The molecule has 0 heterocycles. The van der Waals surface area contributed by atoms with Crippen molar-refractivity contribution in [3.05, 3.63) is 0 Å². The minimum atomic E-state index is 0. The fourth-order valence-corrected chi connectivity index (χ4v) is 2.97. The lowest BCUT2D eigenvalue weighted by Gasteiger charge is -2.02. The second kappa shape index (κ2) is 16.6. The lowest BCUT2D eigenvalue weighted by Crippen LogP contribution is -3.00. The minimum absolute atomic E-state index is 0. The van der Waals surface area contributed by atoms with Gasteiger partial charge < -0.3 is 12.4 Å². The molecule has 0 radical (unpaired) electrons. The first-order valence-corrected chi connectivity index (χ1v) is 9.37. The van der Waals surface area contributed by atoms with E-state index in [9.17, 15) is 0 Å². The molecule has 0 fully saturated rings. The molecule has 0 aliphatic heterocycles. The van der Waals surface area contributed by atoms with Gasteiger partial charge in [0, 0.05) is 0 Å². The zero-order valence-corrected chi connectivity index (χ0v) is 13.8. The van der Waals surface area contributed by atoms with E-state index >= 15 is 0 Å². The molecule has 0 aliphatic rings. The van der Waals surface area contributed by atoms with Crippen molar-refractivity contribution in [1.29, 1.82) is 0 Å². The van der Waals surface area contributed by atoms with Crippen LogP contribution in [0.25, 0.3) is 0 Å². The predicted molar refractivity (Wildman–Crippen MR) is 80.5 cm³/mol. The summed E-state index contributed by atoms with van der Waals surface area (Å²) >= 11 is 0. The molecule has 0 saturated heterocycles. The Labute approximate surface area is 119 Å². The quantitative estimate of drug-likeness (QED) is 0.380. The van der Waals surface area contributed by atoms with E-state index in [1.807, 2.05) is 0 Å². The van der Waals surface area contributed by atoms with Crippen LogP contribution in [0.1, 0.15) is 78.1 Å². The third-order valence-corrected chi connectivity index (χ3v) is 5.31. The van der Waals surface area contributed by atoms with Crippen molar-refractivity contribution < 1.29 is 12.4 Å². The molecule has 0 N–H and O–H groups in total. The molecular formula is C15H33ClS. The minimum Gasteiger partial charge on any atom is -1.00 e. The van der Waals surface area contributed by atoms with Crippen LogP contribution in [0.4, 0.5) is 0 Å². The van der Waals surface area contributed by atoms with Gasteiger partial charge in [0.05, 0.1) is 6.26 Å². The van der Waals surface area contributed by atoms with Crippen LogP contribution in [0.5, 0.6) is 0 Å². The van der Waals surface area contributed by atoms with E-state index in [1.165, 1.54) is 75.7 Å². The van der Waals surface area contributed by atoms with E-state index < -0.39 is 0 Å². The Hall–Kier alpha value is 0.640. The molecular weight excluding hydrogens is 248 g/mol. The lowest BCUT2D eigenvalue weighted by atomic mass is 10.1. The van der Waals surface area contributed by atoms with Crippen molar-refractivity contribution in [3.8, 4) is 0 Å². The Bertz CT molecular complexity index is 128. The molecule has 0 nitrogen and oxygen atoms in total. The van der Waals surface area contributed by atoms with Gasteiger partial charge in [-0.05, 0) is 30.7 Å². The fourth-order valence-electron chi connectivity index (χ4n) is 1.98. The summed E-state index contributed by atoms with van der Waals surface area (Å²) in [5, 5.41) is 0. The highest BCUT2D eigenvalue weighted by molar-refractivity contribution is 7.96. The van der Waals surface area contributed by atoms with Crippen molar-refractivity contribution in [1.82, 2.24) is 0 Å². The van der Waals surface area contributed by atoms with Gasteiger partial charge in [0.25, 0.3) is 0 Å². The summed E-state index contributed by atoms with van der Waals surface area (Å²) in [6.45, 7) is 4.61. The van der Waals surface area contributed by atoms with E-state index in [0.717, 1.165) is 0 Å². The number of unbranched alkanes of at least 4 members (excludes halogenated alkanes) is 9. The number of hydrogen-bond acceptors (Lipinski definition) is 0. The molecule has 0 bridgehead atoms. The predicted octanol–water partition coefficient (Wildman–Crippen LogP) is 2.18. The normalized spacial score (nSPS) is 12.2. The van der Waals surface area contributed by atoms with Gasteiger partial charge in [-0.15, -0.1) is 0 Å². The SMILES string of the molecule is CCCCCCCCCCCC[S+](C)CC.[Cl-]. The molecule has 0 spiro atoms. The smallest absolute Gasteiger partial charge is 0.107 e.